The van der Waals surface area contributed by atoms with E-state index in [1.165, 1.54) is 16.5 Å². The molecule has 0 saturated carbocycles. The van der Waals surface area contributed by atoms with Crippen LogP contribution < -0.4 is 0 Å². The van der Waals surface area contributed by atoms with Gasteiger partial charge in [0, 0.05) is 11.0 Å². The quantitative estimate of drug-likeness (QED) is 0.434. The highest BCUT2D eigenvalue weighted by molar-refractivity contribution is 7.13. The zero-order chi connectivity index (χ0) is 14.2. The molecule has 0 atom stereocenters. The van der Waals surface area contributed by atoms with Gasteiger partial charge in [-0.1, -0.05) is 43.7 Å². The Balaban J connectivity index is 1.92. The molecule has 0 fully saturated rings. The number of ether oxygens (including phenoxy) is 1. The van der Waals surface area contributed by atoms with E-state index in [4.69, 9.17) is 4.74 Å². The average Bonchev–Trinajstić information content (AvgIpc) is 3.00. The molecule has 0 aliphatic carbocycles. The summed E-state index contributed by atoms with van der Waals surface area (Å²) in [4.78, 5) is 12.7. The maximum atomic E-state index is 11.4. The number of hydrogen-bond donors (Lipinski definition) is 0. The molecule has 1 heterocycles. The summed E-state index contributed by atoms with van der Waals surface area (Å²) in [6.07, 6.45) is 5.21. The molecule has 0 unspecified atom stereocenters. The molecule has 2 rings (SSSR count). The van der Waals surface area contributed by atoms with E-state index in [-0.39, 0.29) is 5.97 Å². The molecule has 0 aliphatic heterocycles. The van der Waals surface area contributed by atoms with Crippen LogP contribution in [0, 0.1) is 0 Å². The Morgan fingerprint density at radius 3 is 2.70 bits per heavy atom. The van der Waals surface area contributed by atoms with Crippen LogP contribution in [-0.2, 0) is 9.53 Å². The monoisotopic (exact) mass is 286 g/mol. The lowest BCUT2D eigenvalue weighted by atomic mass is 10.1. The molecule has 0 aliphatic rings. The molecule has 0 amide bonds. The third-order valence-electron chi connectivity index (χ3n) is 2.87. The van der Waals surface area contributed by atoms with Gasteiger partial charge in [0.1, 0.15) is 0 Å². The van der Waals surface area contributed by atoms with Crippen molar-refractivity contribution in [2.45, 2.75) is 19.8 Å². The zero-order valence-electron chi connectivity index (χ0n) is 11.5. The van der Waals surface area contributed by atoms with Crippen LogP contribution in [0.5, 0.6) is 0 Å². The van der Waals surface area contributed by atoms with Gasteiger partial charge in [-0.3, -0.25) is 0 Å². The van der Waals surface area contributed by atoms with Crippen LogP contribution in [-0.4, -0.2) is 12.6 Å². The Morgan fingerprint density at radius 1 is 1.25 bits per heavy atom. The van der Waals surface area contributed by atoms with E-state index in [0.717, 1.165) is 18.4 Å². The number of rotatable bonds is 6. The van der Waals surface area contributed by atoms with Crippen molar-refractivity contribution >= 4 is 23.4 Å². The summed E-state index contributed by atoms with van der Waals surface area (Å²) < 4.78 is 5.06. The lowest BCUT2D eigenvalue weighted by molar-refractivity contribution is -0.137. The van der Waals surface area contributed by atoms with Crippen molar-refractivity contribution in [1.82, 2.24) is 0 Å². The summed E-state index contributed by atoms with van der Waals surface area (Å²) in [5, 5.41) is 2.06. The SMILES string of the molecule is CCCCOC(=O)/C=C/c1ccc(-c2cccs2)cc1. The second kappa shape index (κ2) is 7.65. The fourth-order valence-electron chi connectivity index (χ4n) is 1.73. The Kier molecular flexibility index (Phi) is 5.56. The Bertz CT molecular complexity index is 553. The maximum absolute atomic E-state index is 11.4. The molecule has 20 heavy (non-hydrogen) atoms. The second-order valence-electron chi connectivity index (χ2n) is 4.45. The number of carbonyl (C=O) groups excluding carboxylic acids is 1. The topological polar surface area (TPSA) is 26.3 Å². The molecule has 3 heteroatoms. The molecular weight excluding hydrogens is 268 g/mol. The normalized spacial score (nSPS) is 10.8. The third-order valence-corrected chi connectivity index (χ3v) is 3.79. The lowest BCUT2D eigenvalue weighted by Gasteiger charge is -2.00. The minimum Gasteiger partial charge on any atom is -0.463 e. The summed E-state index contributed by atoms with van der Waals surface area (Å²) in [7, 11) is 0. The Morgan fingerprint density at radius 2 is 2.05 bits per heavy atom. The van der Waals surface area contributed by atoms with Crippen molar-refractivity contribution in [2.24, 2.45) is 0 Å². The van der Waals surface area contributed by atoms with Crippen LogP contribution in [0.2, 0.25) is 0 Å². The number of benzene rings is 1. The molecule has 0 radical (unpaired) electrons. The van der Waals surface area contributed by atoms with E-state index in [2.05, 4.69) is 30.5 Å². The van der Waals surface area contributed by atoms with Crippen molar-refractivity contribution in [2.75, 3.05) is 6.61 Å². The van der Waals surface area contributed by atoms with Gasteiger partial charge in [-0.25, -0.2) is 4.79 Å². The highest BCUT2D eigenvalue weighted by Gasteiger charge is 1.99. The fourth-order valence-corrected chi connectivity index (χ4v) is 2.46. The molecule has 0 N–H and O–H groups in total. The van der Waals surface area contributed by atoms with Gasteiger partial charge < -0.3 is 4.74 Å². The van der Waals surface area contributed by atoms with E-state index in [1.807, 2.05) is 18.2 Å². The van der Waals surface area contributed by atoms with Crippen molar-refractivity contribution < 1.29 is 9.53 Å². The second-order valence-corrected chi connectivity index (χ2v) is 5.40. The van der Waals surface area contributed by atoms with E-state index in [9.17, 15) is 4.79 Å². The maximum Gasteiger partial charge on any atom is 0.330 e. The predicted molar refractivity (Wildman–Crippen MR) is 84.7 cm³/mol. The number of esters is 1. The number of carbonyl (C=O) groups is 1. The van der Waals surface area contributed by atoms with Crippen molar-refractivity contribution in [3.63, 3.8) is 0 Å². The summed E-state index contributed by atoms with van der Waals surface area (Å²) in [6, 6.07) is 12.3. The molecule has 1 aromatic heterocycles. The first-order valence-corrected chi connectivity index (χ1v) is 7.66. The van der Waals surface area contributed by atoms with Crippen molar-refractivity contribution in [3.8, 4) is 10.4 Å². The van der Waals surface area contributed by atoms with Crippen LogP contribution in [0.25, 0.3) is 16.5 Å². The van der Waals surface area contributed by atoms with Crippen LogP contribution in [0.1, 0.15) is 25.3 Å². The highest BCUT2D eigenvalue weighted by Crippen LogP contribution is 2.24. The summed E-state index contributed by atoms with van der Waals surface area (Å²) in [5.74, 6) is -0.277. The molecule has 1 aromatic carbocycles. The first-order valence-electron chi connectivity index (χ1n) is 6.78. The molecule has 104 valence electrons. The Hall–Kier alpha value is -1.87. The van der Waals surface area contributed by atoms with Gasteiger partial charge in [-0.15, -0.1) is 11.3 Å². The zero-order valence-corrected chi connectivity index (χ0v) is 12.4. The van der Waals surface area contributed by atoms with Crippen LogP contribution in [0.4, 0.5) is 0 Å². The van der Waals surface area contributed by atoms with Crippen molar-refractivity contribution in [3.05, 3.63) is 53.4 Å². The van der Waals surface area contributed by atoms with E-state index < -0.39 is 0 Å². The molecule has 2 aromatic rings. The van der Waals surface area contributed by atoms with Gasteiger partial charge in [0.15, 0.2) is 0 Å². The number of unbranched alkanes of at least 4 members (excludes halogenated alkanes) is 1. The molecule has 0 bridgehead atoms. The molecule has 2 nitrogen and oxygen atoms in total. The lowest BCUT2D eigenvalue weighted by Crippen LogP contribution is -2.01. The largest absolute Gasteiger partial charge is 0.463 e. The fraction of sp³-hybridized carbons (Fsp3) is 0.235. The molecule has 0 saturated heterocycles. The van der Waals surface area contributed by atoms with Gasteiger partial charge in [0.2, 0.25) is 0 Å². The summed E-state index contributed by atoms with van der Waals surface area (Å²) >= 11 is 1.72. The van der Waals surface area contributed by atoms with Gasteiger partial charge in [-0.2, -0.15) is 0 Å². The van der Waals surface area contributed by atoms with Crippen LogP contribution in [0.15, 0.2) is 47.9 Å². The van der Waals surface area contributed by atoms with Gasteiger partial charge in [0.25, 0.3) is 0 Å². The Labute approximate surface area is 123 Å². The first kappa shape index (κ1) is 14.5. The smallest absolute Gasteiger partial charge is 0.330 e. The average molecular weight is 286 g/mol. The third kappa shape index (κ3) is 4.35. The molecular formula is C17H18O2S. The first-order chi connectivity index (χ1) is 9.79. The van der Waals surface area contributed by atoms with Crippen LogP contribution >= 0.6 is 11.3 Å². The molecule has 0 spiro atoms. The van der Waals surface area contributed by atoms with Gasteiger partial charge in [-0.05, 0) is 35.1 Å². The van der Waals surface area contributed by atoms with Gasteiger partial charge in [0.05, 0.1) is 6.61 Å². The minimum absolute atomic E-state index is 0.277. The van der Waals surface area contributed by atoms with E-state index in [1.54, 1.807) is 17.4 Å². The van der Waals surface area contributed by atoms with E-state index in [0.29, 0.717) is 6.61 Å². The highest BCUT2D eigenvalue weighted by atomic mass is 32.1. The number of hydrogen-bond acceptors (Lipinski definition) is 3. The predicted octanol–water partition coefficient (Wildman–Crippen LogP) is 4.77. The van der Waals surface area contributed by atoms with E-state index >= 15 is 0 Å². The van der Waals surface area contributed by atoms with Gasteiger partial charge >= 0.3 is 5.97 Å². The summed E-state index contributed by atoms with van der Waals surface area (Å²) in [6.45, 7) is 2.57. The summed E-state index contributed by atoms with van der Waals surface area (Å²) in [5.41, 5.74) is 2.19. The number of thiophene rings is 1. The van der Waals surface area contributed by atoms with Crippen LogP contribution in [0.3, 0.4) is 0 Å². The minimum atomic E-state index is -0.277. The van der Waals surface area contributed by atoms with Crippen molar-refractivity contribution in [1.29, 1.82) is 0 Å². The standard InChI is InChI=1S/C17H18O2S/c1-2-3-12-19-17(18)11-8-14-6-9-15(10-7-14)16-5-4-13-20-16/h4-11,13H,2-3,12H2,1H3/b11-8+.